The highest BCUT2D eigenvalue weighted by Crippen LogP contribution is 2.20. The van der Waals surface area contributed by atoms with E-state index in [4.69, 9.17) is 4.74 Å². The van der Waals surface area contributed by atoms with Gasteiger partial charge in [0.25, 0.3) is 0 Å². The topological polar surface area (TPSA) is 24.5 Å². The molecule has 3 nitrogen and oxygen atoms in total. The van der Waals surface area contributed by atoms with Crippen molar-refractivity contribution in [1.82, 2.24) is 10.2 Å². The maximum atomic E-state index is 6.01. The average molecular weight is 228 g/mol. The fraction of sp³-hybridized carbons (Fsp3) is 1.00. The quantitative estimate of drug-likeness (QED) is 0.718. The van der Waals surface area contributed by atoms with Crippen molar-refractivity contribution in [3.05, 3.63) is 0 Å². The summed E-state index contributed by atoms with van der Waals surface area (Å²) in [5.41, 5.74) is 0. The van der Waals surface area contributed by atoms with Crippen molar-refractivity contribution in [3.63, 3.8) is 0 Å². The largest absolute Gasteiger partial charge is 0.372 e. The second-order valence-electron chi connectivity index (χ2n) is 5.26. The lowest BCUT2D eigenvalue weighted by atomic mass is 10.1. The summed E-state index contributed by atoms with van der Waals surface area (Å²) in [6, 6.07) is 0. The Kier molecular flexibility index (Phi) is 6.32. The molecule has 2 unspecified atom stereocenters. The van der Waals surface area contributed by atoms with Crippen LogP contribution in [-0.2, 0) is 4.74 Å². The molecule has 1 aliphatic rings. The normalized spacial score (nSPS) is 25.9. The van der Waals surface area contributed by atoms with Gasteiger partial charge in [-0.05, 0) is 32.4 Å². The maximum Gasteiger partial charge on any atom is 0.0707 e. The lowest BCUT2D eigenvalue weighted by Gasteiger charge is -2.25. The summed E-state index contributed by atoms with van der Waals surface area (Å²) in [6.07, 6.45) is 3.33. The maximum absolute atomic E-state index is 6.01. The molecule has 0 aromatic heterocycles. The van der Waals surface area contributed by atoms with Gasteiger partial charge in [-0.15, -0.1) is 0 Å². The van der Waals surface area contributed by atoms with Gasteiger partial charge < -0.3 is 15.0 Å². The zero-order valence-corrected chi connectivity index (χ0v) is 11.3. The second-order valence-corrected chi connectivity index (χ2v) is 5.26. The van der Waals surface area contributed by atoms with Gasteiger partial charge in [-0.1, -0.05) is 20.8 Å². The van der Waals surface area contributed by atoms with Crippen LogP contribution in [0, 0.1) is 5.92 Å². The number of hydrogen-bond donors (Lipinski definition) is 1. The number of ether oxygens (including phenoxy) is 1. The molecule has 0 radical (unpaired) electrons. The van der Waals surface area contributed by atoms with Gasteiger partial charge in [-0.2, -0.15) is 0 Å². The molecule has 0 aliphatic carbocycles. The van der Waals surface area contributed by atoms with Crippen molar-refractivity contribution in [2.24, 2.45) is 5.92 Å². The molecule has 1 saturated heterocycles. The van der Waals surface area contributed by atoms with E-state index in [1.807, 2.05) is 7.05 Å². The van der Waals surface area contributed by atoms with Gasteiger partial charge in [0.15, 0.2) is 0 Å². The lowest BCUT2D eigenvalue weighted by molar-refractivity contribution is 0.0231. The van der Waals surface area contributed by atoms with Crippen LogP contribution in [-0.4, -0.2) is 50.3 Å². The molecule has 1 N–H and O–H groups in total. The molecule has 0 bridgehead atoms. The minimum atomic E-state index is 0.438. The van der Waals surface area contributed by atoms with Crippen LogP contribution >= 0.6 is 0 Å². The van der Waals surface area contributed by atoms with E-state index in [2.05, 4.69) is 31.0 Å². The van der Waals surface area contributed by atoms with Crippen molar-refractivity contribution in [1.29, 1.82) is 0 Å². The van der Waals surface area contributed by atoms with E-state index in [9.17, 15) is 0 Å². The summed E-state index contributed by atoms with van der Waals surface area (Å²) in [7, 11) is 1.99. The van der Waals surface area contributed by atoms with E-state index in [0.717, 1.165) is 25.6 Å². The summed E-state index contributed by atoms with van der Waals surface area (Å²) in [6.45, 7) is 11.2. The smallest absolute Gasteiger partial charge is 0.0707 e. The Hall–Kier alpha value is -0.120. The van der Waals surface area contributed by atoms with Gasteiger partial charge >= 0.3 is 0 Å². The number of hydrogen-bond acceptors (Lipinski definition) is 3. The molecule has 1 rings (SSSR count). The van der Waals surface area contributed by atoms with Crippen molar-refractivity contribution in [2.45, 2.75) is 45.8 Å². The molecule has 1 fully saturated rings. The zero-order valence-electron chi connectivity index (χ0n) is 11.3. The van der Waals surface area contributed by atoms with Crippen LogP contribution in [0.2, 0.25) is 0 Å². The number of rotatable bonds is 7. The van der Waals surface area contributed by atoms with Gasteiger partial charge in [-0.3, -0.25) is 0 Å². The number of nitrogens with one attached hydrogen (secondary N) is 1. The first-order valence-electron chi connectivity index (χ1n) is 6.68. The van der Waals surface area contributed by atoms with Crippen LogP contribution in [0.5, 0.6) is 0 Å². The molecular weight excluding hydrogens is 200 g/mol. The second kappa shape index (κ2) is 7.25. The van der Waals surface area contributed by atoms with Gasteiger partial charge in [0.1, 0.15) is 0 Å². The predicted molar refractivity (Wildman–Crippen MR) is 68.8 cm³/mol. The molecule has 1 heterocycles. The molecule has 3 heteroatoms. The van der Waals surface area contributed by atoms with E-state index in [1.165, 1.54) is 19.4 Å². The third kappa shape index (κ3) is 4.81. The van der Waals surface area contributed by atoms with Gasteiger partial charge in [0.2, 0.25) is 0 Å². The molecule has 0 amide bonds. The first-order chi connectivity index (χ1) is 7.65. The molecule has 0 aromatic carbocycles. The highest BCUT2D eigenvalue weighted by Gasteiger charge is 2.25. The zero-order chi connectivity index (χ0) is 12.0. The van der Waals surface area contributed by atoms with Crippen molar-refractivity contribution in [3.8, 4) is 0 Å². The monoisotopic (exact) mass is 228 g/mol. The van der Waals surface area contributed by atoms with Crippen LogP contribution in [0.15, 0.2) is 0 Å². The van der Waals surface area contributed by atoms with Gasteiger partial charge in [0, 0.05) is 19.6 Å². The molecule has 0 aromatic rings. The standard InChI is InChI=1S/C13H28N2O/c1-5-15(9-11(2)3)10-13-7-6-12(16-13)8-14-4/h11-14H,5-10H2,1-4H3. The predicted octanol–water partition coefficient (Wildman–Crippen LogP) is 1.73. The highest BCUT2D eigenvalue weighted by molar-refractivity contribution is 4.77. The Morgan fingerprint density at radius 3 is 2.56 bits per heavy atom. The van der Waals surface area contributed by atoms with Crippen LogP contribution in [0.4, 0.5) is 0 Å². The van der Waals surface area contributed by atoms with E-state index in [-0.39, 0.29) is 0 Å². The van der Waals surface area contributed by atoms with Crippen LogP contribution in [0.25, 0.3) is 0 Å². The number of nitrogens with zero attached hydrogens (tertiary/aromatic N) is 1. The SMILES string of the molecule is CCN(CC(C)C)CC1CCC(CNC)O1. The Morgan fingerprint density at radius 1 is 1.31 bits per heavy atom. The summed E-state index contributed by atoms with van der Waals surface area (Å²) in [5.74, 6) is 0.745. The summed E-state index contributed by atoms with van der Waals surface area (Å²) in [5, 5.41) is 3.19. The van der Waals surface area contributed by atoms with Crippen LogP contribution in [0.1, 0.15) is 33.6 Å². The minimum Gasteiger partial charge on any atom is -0.372 e. The minimum absolute atomic E-state index is 0.438. The number of likely N-dealkylation sites (N-methyl/N-ethyl adjacent to an activating group) is 2. The first kappa shape index (κ1) is 13.9. The molecule has 96 valence electrons. The van der Waals surface area contributed by atoms with Gasteiger partial charge in [-0.25, -0.2) is 0 Å². The van der Waals surface area contributed by atoms with E-state index < -0.39 is 0 Å². The highest BCUT2D eigenvalue weighted by atomic mass is 16.5. The van der Waals surface area contributed by atoms with E-state index in [0.29, 0.717) is 12.2 Å². The third-order valence-corrected chi connectivity index (χ3v) is 3.16. The molecule has 16 heavy (non-hydrogen) atoms. The summed E-state index contributed by atoms with van der Waals surface area (Å²) < 4.78 is 6.01. The molecule has 0 spiro atoms. The first-order valence-corrected chi connectivity index (χ1v) is 6.68. The fourth-order valence-electron chi connectivity index (χ4n) is 2.43. The Morgan fingerprint density at radius 2 is 2.00 bits per heavy atom. The van der Waals surface area contributed by atoms with Crippen LogP contribution < -0.4 is 5.32 Å². The Bertz CT molecular complexity index is 185. The summed E-state index contributed by atoms with van der Waals surface area (Å²) >= 11 is 0. The average Bonchev–Trinajstić information content (AvgIpc) is 2.64. The molecule has 2 atom stereocenters. The van der Waals surface area contributed by atoms with E-state index >= 15 is 0 Å². The summed E-state index contributed by atoms with van der Waals surface area (Å²) in [4.78, 5) is 2.51. The van der Waals surface area contributed by atoms with Crippen molar-refractivity contribution in [2.75, 3.05) is 33.2 Å². The Balaban J connectivity index is 2.25. The fourth-order valence-corrected chi connectivity index (χ4v) is 2.43. The molecule has 1 aliphatic heterocycles. The van der Waals surface area contributed by atoms with Crippen molar-refractivity contribution < 1.29 is 4.74 Å². The van der Waals surface area contributed by atoms with Gasteiger partial charge in [0.05, 0.1) is 12.2 Å². The Labute approximate surface area is 101 Å². The molecule has 0 saturated carbocycles. The van der Waals surface area contributed by atoms with Crippen LogP contribution in [0.3, 0.4) is 0 Å². The molecular formula is C13H28N2O. The van der Waals surface area contributed by atoms with Crippen molar-refractivity contribution >= 4 is 0 Å². The lowest BCUT2D eigenvalue weighted by Crippen LogP contribution is -2.35. The third-order valence-electron chi connectivity index (χ3n) is 3.16. The van der Waals surface area contributed by atoms with E-state index in [1.54, 1.807) is 0 Å².